The molecular weight excluding hydrogens is 400 g/mol. The van der Waals surface area contributed by atoms with Crippen LogP contribution in [0.25, 0.3) is 0 Å². The fourth-order valence-corrected chi connectivity index (χ4v) is 3.00. The predicted octanol–water partition coefficient (Wildman–Crippen LogP) is 4.47. The highest BCUT2D eigenvalue weighted by atomic mass is 35.5. The molecule has 0 aliphatic heterocycles. The van der Waals surface area contributed by atoms with Crippen LogP contribution in [0, 0.1) is 5.92 Å². The van der Waals surface area contributed by atoms with E-state index in [1.54, 1.807) is 24.0 Å². The SMILES string of the molecule is CCc1ccc(OCC(=O)N(Cc2ccc(Cl)cc2)[C@@H](C)C(=O)NCC(C)C)cc1. The summed E-state index contributed by atoms with van der Waals surface area (Å²) >= 11 is 5.97. The molecule has 0 unspecified atom stereocenters. The van der Waals surface area contributed by atoms with Crippen molar-refractivity contribution in [3.05, 3.63) is 64.7 Å². The summed E-state index contributed by atoms with van der Waals surface area (Å²) in [5.41, 5.74) is 2.09. The lowest BCUT2D eigenvalue weighted by molar-refractivity contribution is -0.142. The van der Waals surface area contributed by atoms with Gasteiger partial charge in [0.15, 0.2) is 6.61 Å². The van der Waals surface area contributed by atoms with Crippen molar-refractivity contribution in [2.24, 2.45) is 5.92 Å². The molecular formula is C24H31ClN2O3. The van der Waals surface area contributed by atoms with Gasteiger partial charge >= 0.3 is 0 Å². The van der Waals surface area contributed by atoms with E-state index in [1.165, 1.54) is 5.56 Å². The van der Waals surface area contributed by atoms with E-state index in [-0.39, 0.29) is 18.4 Å². The van der Waals surface area contributed by atoms with Crippen molar-refractivity contribution < 1.29 is 14.3 Å². The average Bonchev–Trinajstić information content (AvgIpc) is 2.75. The highest BCUT2D eigenvalue weighted by Crippen LogP contribution is 2.16. The van der Waals surface area contributed by atoms with Gasteiger partial charge in [0.2, 0.25) is 5.91 Å². The smallest absolute Gasteiger partial charge is 0.261 e. The van der Waals surface area contributed by atoms with E-state index < -0.39 is 6.04 Å². The van der Waals surface area contributed by atoms with Crippen LogP contribution in [0.4, 0.5) is 0 Å². The molecule has 5 nitrogen and oxygen atoms in total. The van der Waals surface area contributed by atoms with Gasteiger partial charge in [0.25, 0.3) is 5.91 Å². The molecule has 30 heavy (non-hydrogen) atoms. The first-order valence-corrected chi connectivity index (χ1v) is 10.7. The Morgan fingerprint density at radius 3 is 2.17 bits per heavy atom. The summed E-state index contributed by atoms with van der Waals surface area (Å²) in [5, 5.41) is 3.53. The summed E-state index contributed by atoms with van der Waals surface area (Å²) in [6.07, 6.45) is 0.942. The molecule has 0 spiro atoms. The molecule has 1 atom stereocenters. The fourth-order valence-electron chi connectivity index (χ4n) is 2.87. The maximum atomic E-state index is 13.0. The summed E-state index contributed by atoms with van der Waals surface area (Å²) in [6, 6.07) is 14.3. The van der Waals surface area contributed by atoms with E-state index in [2.05, 4.69) is 12.2 Å². The molecule has 0 aliphatic carbocycles. The third-order valence-electron chi connectivity index (χ3n) is 4.81. The minimum atomic E-state index is -0.627. The lowest BCUT2D eigenvalue weighted by Crippen LogP contribution is -2.49. The van der Waals surface area contributed by atoms with Crippen molar-refractivity contribution in [3.8, 4) is 5.75 Å². The molecule has 0 aliphatic rings. The number of rotatable bonds is 10. The molecule has 2 aromatic carbocycles. The third kappa shape index (κ3) is 7.38. The molecule has 2 rings (SSSR count). The van der Waals surface area contributed by atoms with E-state index in [9.17, 15) is 9.59 Å². The summed E-state index contributed by atoms with van der Waals surface area (Å²) in [5.74, 6) is 0.523. The van der Waals surface area contributed by atoms with Crippen molar-refractivity contribution in [1.82, 2.24) is 10.2 Å². The zero-order valence-corrected chi connectivity index (χ0v) is 18.9. The molecule has 0 bridgehead atoms. The van der Waals surface area contributed by atoms with Crippen molar-refractivity contribution >= 4 is 23.4 Å². The molecule has 1 N–H and O–H groups in total. The van der Waals surface area contributed by atoms with E-state index >= 15 is 0 Å². The summed E-state index contributed by atoms with van der Waals surface area (Å²) in [4.78, 5) is 27.1. The molecule has 0 aromatic heterocycles. The average molecular weight is 431 g/mol. The Morgan fingerprint density at radius 1 is 1.00 bits per heavy atom. The van der Waals surface area contributed by atoms with Crippen molar-refractivity contribution in [1.29, 1.82) is 0 Å². The number of carbonyl (C=O) groups excluding carboxylic acids is 2. The molecule has 0 saturated carbocycles. The fraction of sp³-hybridized carbons (Fsp3) is 0.417. The molecule has 2 aromatic rings. The maximum absolute atomic E-state index is 13.0. The number of benzene rings is 2. The van der Waals surface area contributed by atoms with E-state index in [4.69, 9.17) is 16.3 Å². The van der Waals surface area contributed by atoms with E-state index in [0.717, 1.165) is 12.0 Å². The highest BCUT2D eigenvalue weighted by Gasteiger charge is 2.26. The lowest BCUT2D eigenvalue weighted by Gasteiger charge is -2.29. The number of ether oxygens (including phenoxy) is 1. The summed E-state index contributed by atoms with van der Waals surface area (Å²) < 4.78 is 5.69. The van der Waals surface area contributed by atoms with Crippen LogP contribution in [0.1, 0.15) is 38.8 Å². The largest absolute Gasteiger partial charge is 0.484 e. The Kier molecular flexibility index (Phi) is 9.18. The van der Waals surface area contributed by atoms with Gasteiger partial charge in [0.05, 0.1) is 0 Å². The Labute approximate surface area is 184 Å². The minimum absolute atomic E-state index is 0.138. The van der Waals surface area contributed by atoms with Gasteiger partial charge in [-0.1, -0.05) is 56.6 Å². The van der Waals surface area contributed by atoms with Crippen LogP contribution in [-0.4, -0.2) is 35.9 Å². The Hall–Kier alpha value is -2.53. The third-order valence-corrected chi connectivity index (χ3v) is 5.06. The van der Waals surface area contributed by atoms with Crippen LogP contribution in [0.2, 0.25) is 5.02 Å². The van der Waals surface area contributed by atoms with Crippen LogP contribution in [-0.2, 0) is 22.6 Å². The van der Waals surface area contributed by atoms with E-state index in [1.807, 2.05) is 50.2 Å². The predicted molar refractivity (Wildman–Crippen MR) is 121 cm³/mol. The van der Waals surface area contributed by atoms with Gasteiger partial charge in [0, 0.05) is 18.1 Å². The zero-order valence-electron chi connectivity index (χ0n) is 18.2. The Bertz CT molecular complexity index is 819. The second-order valence-electron chi connectivity index (χ2n) is 7.75. The van der Waals surface area contributed by atoms with Gasteiger partial charge in [-0.15, -0.1) is 0 Å². The first-order valence-electron chi connectivity index (χ1n) is 10.3. The second-order valence-corrected chi connectivity index (χ2v) is 8.19. The minimum Gasteiger partial charge on any atom is -0.484 e. The number of hydrogen-bond acceptors (Lipinski definition) is 3. The van der Waals surface area contributed by atoms with Crippen molar-refractivity contribution in [2.45, 2.75) is 46.7 Å². The van der Waals surface area contributed by atoms with Crippen molar-refractivity contribution in [3.63, 3.8) is 0 Å². The van der Waals surface area contributed by atoms with Gasteiger partial charge < -0.3 is 15.0 Å². The number of nitrogens with zero attached hydrogens (tertiary/aromatic N) is 1. The van der Waals surface area contributed by atoms with Crippen LogP contribution >= 0.6 is 11.6 Å². The van der Waals surface area contributed by atoms with Crippen LogP contribution < -0.4 is 10.1 Å². The normalized spacial score (nSPS) is 11.8. The number of aryl methyl sites for hydroxylation is 1. The number of nitrogens with one attached hydrogen (secondary N) is 1. The topological polar surface area (TPSA) is 58.6 Å². The monoisotopic (exact) mass is 430 g/mol. The lowest BCUT2D eigenvalue weighted by atomic mass is 10.1. The quantitative estimate of drug-likeness (QED) is 0.605. The van der Waals surface area contributed by atoms with Crippen molar-refractivity contribution in [2.75, 3.05) is 13.2 Å². The molecule has 0 radical (unpaired) electrons. The number of hydrogen-bond donors (Lipinski definition) is 1. The second kappa shape index (κ2) is 11.6. The number of amides is 2. The van der Waals surface area contributed by atoms with Gasteiger partial charge in [-0.05, 0) is 54.7 Å². The molecule has 0 saturated heterocycles. The summed E-state index contributed by atoms with van der Waals surface area (Å²) in [7, 11) is 0. The molecule has 0 fully saturated rings. The zero-order chi connectivity index (χ0) is 22.1. The number of halogens is 1. The van der Waals surface area contributed by atoms with E-state index in [0.29, 0.717) is 29.8 Å². The van der Waals surface area contributed by atoms with Gasteiger partial charge in [-0.2, -0.15) is 0 Å². The Morgan fingerprint density at radius 2 is 1.60 bits per heavy atom. The van der Waals surface area contributed by atoms with Gasteiger partial charge in [-0.25, -0.2) is 0 Å². The standard InChI is InChI=1S/C24H31ClN2O3/c1-5-19-8-12-22(13-9-19)30-16-23(28)27(15-20-6-10-21(25)11-7-20)18(4)24(29)26-14-17(2)3/h6-13,17-18H,5,14-16H2,1-4H3,(H,26,29)/t18-/m0/s1. The maximum Gasteiger partial charge on any atom is 0.261 e. The number of carbonyl (C=O) groups is 2. The molecule has 162 valence electrons. The first-order chi connectivity index (χ1) is 14.3. The first kappa shape index (κ1) is 23.7. The van der Waals surface area contributed by atoms with Crippen LogP contribution in [0.5, 0.6) is 5.75 Å². The van der Waals surface area contributed by atoms with Crippen LogP contribution in [0.15, 0.2) is 48.5 Å². The molecule has 2 amide bonds. The van der Waals surface area contributed by atoms with Gasteiger partial charge in [-0.3, -0.25) is 9.59 Å². The molecule has 6 heteroatoms. The highest BCUT2D eigenvalue weighted by molar-refractivity contribution is 6.30. The van der Waals surface area contributed by atoms with Gasteiger partial charge in [0.1, 0.15) is 11.8 Å². The summed E-state index contributed by atoms with van der Waals surface area (Å²) in [6.45, 7) is 8.59. The Balaban J connectivity index is 2.10. The molecule has 0 heterocycles. The van der Waals surface area contributed by atoms with Crippen LogP contribution in [0.3, 0.4) is 0 Å².